The molecule has 5 nitrogen and oxygen atoms in total. The monoisotopic (exact) mass is 294 g/mol. The Morgan fingerprint density at radius 2 is 1.52 bits per heavy atom. The first-order chi connectivity index (χ1) is 9.80. The van der Waals surface area contributed by atoms with Crippen LogP contribution in [0.1, 0.15) is 26.3 Å². The third-order valence-electron chi connectivity index (χ3n) is 2.55. The van der Waals surface area contributed by atoms with Crippen molar-refractivity contribution < 1.29 is 23.7 Å². The maximum atomic E-state index is 11.7. The van der Waals surface area contributed by atoms with Crippen LogP contribution in [0, 0.1) is 0 Å². The summed E-state index contributed by atoms with van der Waals surface area (Å²) in [6.07, 6.45) is 2.95. The van der Waals surface area contributed by atoms with Gasteiger partial charge in [0.2, 0.25) is 0 Å². The maximum absolute atomic E-state index is 11.7. The van der Waals surface area contributed by atoms with E-state index in [1.807, 2.05) is 20.8 Å². The molecule has 0 bridgehead atoms. The van der Waals surface area contributed by atoms with Crippen molar-refractivity contribution in [2.45, 2.75) is 26.4 Å². The van der Waals surface area contributed by atoms with Gasteiger partial charge in [0.1, 0.15) is 22.8 Å². The average Bonchev–Trinajstić information content (AvgIpc) is 2.42. The number of hydrogen-bond acceptors (Lipinski definition) is 5. The number of methoxy groups -OCH3 is 3. The van der Waals surface area contributed by atoms with E-state index < -0.39 is 11.6 Å². The Labute approximate surface area is 125 Å². The standard InChI is InChI=1S/C16H22O5/c1-16(2,3)21-15(17)8-7-12-13(19-5)9-11(18-4)10-14(12)20-6/h7-10H,1-6H3/b8-7+. The summed E-state index contributed by atoms with van der Waals surface area (Å²) in [7, 11) is 4.64. The summed E-state index contributed by atoms with van der Waals surface area (Å²) in [6, 6.07) is 3.44. The van der Waals surface area contributed by atoms with Gasteiger partial charge in [-0.1, -0.05) is 0 Å². The molecule has 1 aromatic carbocycles. The highest BCUT2D eigenvalue weighted by atomic mass is 16.6. The molecule has 0 amide bonds. The predicted octanol–water partition coefficient (Wildman–Crippen LogP) is 3.07. The van der Waals surface area contributed by atoms with Crippen molar-refractivity contribution in [2.24, 2.45) is 0 Å². The second-order valence-electron chi connectivity index (χ2n) is 5.31. The molecule has 0 spiro atoms. The van der Waals surface area contributed by atoms with Crippen molar-refractivity contribution in [1.82, 2.24) is 0 Å². The fraction of sp³-hybridized carbons (Fsp3) is 0.438. The molecule has 0 atom stereocenters. The molecule has 21 heavy (non-hydrogen) atoms. The zero-order valence-corrected chi connectivity index (χ0v) is 13.4. The van der Waals surface area contributed by atoms with Crippen LogP contribution in [0.3, 0.4) is 0 Å². The molecule has 0 aliphatic heterocycles. The lowest BCUT2D eigenvalue weighted by Crippen LogP contribution is -2.22. The molecule has 1 rings (SSSR count). The topological polar surface area (TPSA) is 54.0 Å². The minimum atomic E-state index is -0.532. The Bertz CT molecular complexity index is 501. The van der Waals surface area contributed by atoms with Gasteiger partial charge in [-0.15, -0.1) is 0 Å². The molecule has 0 aliphatic rings. The number of esters is 1. The summed E-state index contributed by atoms with van der Waals surface area (Å²) in [4.78, 5) is 11.7. The van der Waals surface area contributed by atoms with Crippen LogP contribution >= 0.6 is 0 Å². The number of rotatable bonds is 5. The van der Waals surface area contributed by atoms with Crippen LogP contribution in [0.4, 0.5) is 0 Å². The molecule has 116 valence electrons. The first-order valence-electron chi connectivity index (χ1n) is 6.51. The number of ether oxygens (including phenoxy) is 4. The van der Waals surface area contributed by atoms with Gasteiger partial charge in [-0.25, -0.2) is 4.79 Å². The first kappa shape index (κ1) is 16.9. The third kappa shape index (κ3) is 5.02. The van der Waals surface area contributed by atoms with Gasteiger partial charge in [-0.05, 0) is 26.8 Å². The number of benzene rings is 1. The molecule has 5 heteroatoms. The lowest BCUT2D eigenvalue weighted by atomic mass is 10.1. The minimum absolute atomic E-state index is 0.428. The van der Waals surface area contributed by atoms with E-state index in [1.165, 1.54) is 6.08 Å². The summed E-state index contributed by atoms with van der Waals surface area (Å²) in [5.74, 6) is 1.28. The van der Waals surface area contributed by atoms with E-state index in [1.54, 1.807) is 39.5 Å². The highest BCUT2D eigenvalue weighted by Gasteiger charge is 2.15. The Kier molecular flexibility index (Phi) is 5.64. The molecule has 0 aromatic heterocycles. The highest BCUT2D eigenvalue weighted by molar-refractivity contribution is 5.88. The van der Waals surface area contributed by atoms with Crippen molar-refractivity contribution in [3.63, 3.8) is 0 Å². The SMILES string of the molecule is COc1cc(OC)c(/C=C/C(=O)OC(C)(C)C)c(OC)c1. The summed E-state index contributed by atoms with van der Waals surface area (Å²) in [5, 5.41) is 0. The Morgan fingerprint density at radius 3 is 1.90 bits per heavy atom. The van der Waals surface area contributed by atoms with Gasteiger partial charge in [0, 0.05) is 18.2 Å². The van der Waals surface area contributed by atoms with Gasteiger partial charge in [-0.2, -0.15) is 0 Å². The quantitative estimate of drug-likeness (QED) is 0.617. The second-order valence-corrected chi connectivity index (χ2v) is 5.31. The molecule has 0 saturated carbocycles. The van der Waals surface area contributed by atoms with Crippen LogP contribution in [0.2, 0.25) is 0 Å². The summed E-state index contributed by atoms with van der Waals surface area (Å²) >= 11 is 0. The zero-order chi connectivity index (χ0) is 16.0. The number of carbonyl (C=O) groups excluding carboxylic acids is 1. The fourth-order valence-electron chi connectivity index (χ4n) is 1.68. The summed E-state index contributed by atoms with van der Waals surface area (Å²) < 4.78 is 21.0. The molecular weight excluding hydrogens is 272 g/mol. The van der Waals surface area contributed by atoms with Crippen LogP contribution in [-0.2, 0) is 9.53 Å². The lowest BCUT2D eigenvalue weighted by molar-refractivity contribution is -0.148. The van der Waals surface area contributed by atoms with E-state index in [9.17, 15) is 4.79 Å². The van der Waals surface area contributed by atoms with E-state index in [0.29, 0.717) is 22.8 Å². The number of hydrogen-bond donors (Lipinski definition) is 0. The van der Waals surface area contributed by atoms with Gasteiger partial charge in [0.25, 0.3) is 0 Å². The Morgan fingerprint density at radius 1 is 1.00 bits per heavy atom. The smallest absolute Gasteiger partial charge is 0.331 e. The number of carbonyl (C=O) groups is 1. The average molecular weight is 294 g/mol. The first-order valence-corrected chi connectivity index (χ1v) is 6.51. The Balaban J connectivity index is 3.09. The van der Waals surface area contributed by atoms with Gasteiger partial charge >= 0.3 is 5.97 Å². The molecule has 0 heterocycles. The van der Waals surface area contributed by atoms with Gasteiger partial charge in [0.15, 0.2) is 0 Å². The van der Waals surface area contributed by atoms with Crippen molar-refractivity contribution in [1.29, 1.82) is 0 Å². The van der Waals surface area contributed by atoms with Crippen LogP contribution in [0.15, 0.2) is 18.2 Å². The van der Waals surface area contributed by atoms with E-state index in [-0.39, 0.29) is 0 Å². The van der Waals surface area contributed by atoms with E-state index in [2.05, 4.69) is 0 Å². The third-order valence-corrected chi connectivity index (χ3v) is 2.55. The zero-order valence-electron chi connectivity index (χ0n) is 13.4. The van der Waals surface area contributed by atoms with Crippen LogP contribution in [0.25, 0.3) is 6.08 Å². The van der Waals surface area contributed by atoms with Crippen molar-refractivity contribution in [3.05, 3.63) is 23.8 Å². The Hall–Kier alpha value is -2.17. The van der Waals surface area contributed by atoms with Gasteiger partial charge in [-0.3, -0.25) is 0 Å². The summed E-state index contributed by atoms with van der Waals surface area (Å²) in [5.41, 5.74) is 0.113. The van der Waals surface area contributed by atoms with Crippen LogP contribution in [-0.4, -0.2) is 32.9 Å². The molecule has 0 fully saturated rings. The second kappa shape index (κ2) is 7.02. The van der Waals surface area contributed by atoms with Gasteiger partial charge in [0.05, 0.1) is 26.9 Å². The summed E-state index contributed by atoms with van der Waals surface area (Å²) in [6.45, 7) is 5.44. The van der Waals surface area contributed by atoms with Crippen molar-refractivity contribution in [2.75, 3.05) is 21.3 Å². The van der Waals surface area contributed by atoms with Gasteiger partial charge < -0.3 is 18.9 Å². The van der Waals surface area contributed by atoms with Crippen molar-refractivity contribution >= 4 is 12.0 Å². The normalized spacial score (nSPS) is 11.3. The van der Waals surface area contributed by atoms with E-state index in [4.69, 9.17) is 18.9 Å². The highest BCUT2D eigenvalue weighted by Crippen LogP contribution is 2.35. The molecular formula is C16H22O5. The minimum Gasteiger partial charge on any atom is -0.496 e. The lowest BCUT2D eigenvalue weighted by Gasteiger charge is -2.18. The molecule has 0 radical (unpaired) electrons. The molecule has 0 aliphatic carbocycles. The van der Waals surface area contributed by atoms with E-state index in [0.717, 1.165) is 0 Å². The van der Waals surface area contributed by atoms with E-state index >= 15 is 0 Å². The fourth-order valence-corrected chi connectivity index (χ4v) is 1.68. The molecule has 0 unspecified atom stereocenters. The molecule has 1 aromatic rings. The molecule has 0 saturated heterocycles. The van der Waals surface area contributed by atoms with Crippen molar-refractivity contribution in [3.8, 4) is 17.2 Å². The van der Waals surface area contributed by atoms with Crippen LogP contribution in [0.5, 0.6) is 17.2 Å². The largest absolute Gasteiger partial charge is 0.496 e. The molecule has 0 N–H and O–H groups in total. The maximum Gasteiger partial charge on any atom is 0.331 e. The predicted molar refractivity (Wildman–Crippen MR) is 81.0 cm³/mol. The van der Waals surface area contributed by atoms with Crippen LogP contribution < -0.4 is 14.2 Å².